The van der Waals surface area contributed by atoms with Gasteiger partial charge in [0.15, 0.2) is 0 Å². The minimum Gasteiger partial charge on any atom is -0.354 e. The van der Waals surface area contributed by atoms with Crippen LogP contribution in [0.4, 0.5) is 0 Å². The summed E-state index contributed by atoms with van der Waals surface area (Å²) in [6.07, 6.45) is 2.33. The van der Waals surface area contributed by atoms with Crippen molar-refractivity contribution in [3.05, 3.63) is 81.6 Å². The van der Waals surface area contributed by atoms with Crippen molar-refractivity contribution < 1.29 is 9.59 Å². The molecule has 0 aliphatic carbocycles. The normalized spacial score (nSPS) is 11.7. The van der Waals surface area contributed by atoms with Gasteiger partial charge in [-0.1, -0.05) is 46.4 Å². The standard InChI is InChI=1S/C22H21ClN8O2S/c1-14-20(34-30-27-14)22(33)26-18(11-15-5-3-2-4-6-15)21(32)24-10-9-16-12-17(23)7-8-19(16)31-13-25-28-29-31/h2-8,12-13,18H,9-11H2,1H3,(H,24,32)(H,26,33)/t18-/m0/s1. The number of hydrogen-bond acceptors (Lipinski definition) is 8. The van der Waals surface area contributed by atoms with Crippen molar-refractivity contribution in [3.8, 4) is 5.69 Å². The zero-order valence-electron chi connectivity index (χ0n) is 18.2. The molecule has 0 aliphatic heterocycles. The summed E-state index contributed by atoms with van der Waals surface area (Å²) in [5.41, 5.74) is 3.09. The monoisotopic (exact) mass is 496 g/mol. The zero-order chi connectivity index (χ0) is 23.9. The van der Waals surface area contributed by atoms with E-state index in [0.717, 1.165) is 28.3 Å². The lowest BCUT2D eigenvalue weighted by atomic mass is 10.0. The Morgan fingerprint density at radius 2 is 2.00 bits per heavy atom. The third-order valence-electron chi connectivity index (χ3n) is 5.09. The van der Waals surface area contributed by atoms with Crippen LogP contribution in [0.1, 0.15) is 26.5 Å². The number of aromatic nitrogens is 6. The molecule has 12 heteroatoms. The first kappa shape index (κ1) is 23.5. The molecular formula is C22H21ClN8O2S. The van der Waals surface area contributed by atoms with E-state index >= 15 is 0 Å². The Morgan fingerprint density at radius 1 is 1.18 bits per heavy atom. The predicted molar refractivity (Wildman–Crippen MR) is 127 cm³/mol. The molecular weight excluding hydrogens is 476 g/mol. The fourth-order valence-corrected chi connectivity index (χ4v) is 4.17. The minimum absolute atomic E-state index is 0.293. The van der Waals surface area contributed by atoms with E-state index in [1.54, 1.807) is 13.0 Å². The summed E-state index contributed by atoms with van der Waals surface area (Å²) in [5.74, 6) is -0.669. The third kappa shape index (κ3) is 5.80. The summed E-state index contributed by atoms with van der Waals surface area (Å²) >= 11 is 7.17. The van der Waals surface area contributed by atoms with E-state index in [2.05, 4.69) is 35.7 Å². The van der Waals surface area contributed by atoms with Crippen molar-refractivity contribution in [1.29, 1.82) is 0 Å². The molecule has 2 aromatic carbocycles. The van der Waals surface area contributed by atoms with Gasteiger partial charge in [0.25, 0.3) is 5.91 Å². The maximum Gasteiger partial charge on any atom is 0.265 e. The van der Waals surface area contributed by atoms with Crippen LogP contribution in [0.5, 0.6) is 0 Å². The maximum absolute atomic E-state index is 13.1. The van der Waals surface area contributed by atoms with Gasteiger partial charge in [-0.15, -0.1) is 10.2 Å². The van der Waals surface area contributed by atoms with E-state index < -0.39 is 6.04 Å². The van der Waals surface area contributed by atoms with Crippen LogP contribution in [0.25, 0.3) is 5.69 Å². The zero-order valence-corrected chi connectivity index (χ0v) is 19.8. The quantitative estimate of drug-likeness (QED) is 0.363. The van der Waals surface area contributed by atoms with E-state index in [1.807, 2.05) is 42.5 Å². The van der Waals surface area contributed by atoms with Crippen molar-refractivity contribution in [2.75, 3.05) is 6.54 Å². The average Bonchev–Trinajstić information content (AvgIpc) is 3.51. The molecule has 1 atom stereocenters. The molecule has 0 unspecified atom stereocenters. The number of aryl methyl sites for hydroxylation is 1. The summed E-state index contributed by atoms with van der Waals surface area (Å²) in [4.78, 5) is 26.2. The summed E-state index contributed by atoms with van der Waals surface area (Å²) < 4.78 is 5.34. The molecule has 0 fully saturated rings. The molecule has 2 heterocycles. The lowest BCUT2D eigenvalue weighted by molar-refractivity contribution is -0.122. The van der Waals surface area contributed by atoms with Gasteiger partial charge in [-0.05, 0) is 64.6 Å². The van der Waals surface area contributed by atoms with Gasteiger partial charge in [0, 0.05) is 18.0 Å². The highest BCUT2D eigenvalue weighted by Crippen LogP contribution is 2.19. The second kappa shape index (κ2) is 10.9. The molecule has 2 N–H and O–H groups in total. The van der Waals surface area contributed by atoms with Crippen LogP contribution in [0.15, 0.2) is 54.9 Å². The van der Waals surface area contributed by atoms with Gasteiger partial charge in [0.05, 0.1) is 11.4 Å². The molecule has 0 aliphatic rings. The van der Waals surface area contributed by atoms with Gasteiger partial charge in [0.2, 0.25) is 5.91 Å². The van der Waals surface area contributed by atoms with Crippen molar-refractivity contribution in [1.82, 2.24) is 40.4 Å². The summed E-state index contributed by atoms with van der Waals surface area (Å²) in [5, 5.41) is 21.5. The molecule has 0 saturated heterocycles. The van der Waals surface area contributed by atoms with Crippen LogP contribution < -0.4 is 10.6 Å². The molecule has 10 nitrogen and oxygen atoms in total. The maximum atomic E-state index is 13.1. The molecule has 4 rings (SSSR count). The molecule has 34 heavy (non-hydrogen) atoms. The van der Waals surface area contributed by atoms with Crippen LogP contribution in [0, 0.1) is 6.92 Å². The van der Waals surface area contributed by atoms with Crippen molar-refractivity contribution in [3.63, 3.8) is 0 Å². The van der Waals surface area contributed by atoms with Gasteiger partial charge >= 0.3 is 0 Å². The van der Waals surface area contributed by atoms with E-state index in [9.17, 15) is 9.59 Å². The number of nitrogens with one attached hydrogen (secondary N) is 2. The number of amides is 2. The average molecular weight is 497 g/mol. The second-order valence-corrected chi connectivity index (χ2v) is 8.66. The minimum atomic E-state index is -0.769. The fourth-order valence-electron chi connectivity index (χ4n) is 3.42. The van der Waals surface area contributed by atoms with Crippen LogP contribution in [0.3, 0.4) is 0 Å². The lowest BCUT2D eigenvalue weighted by Gasteiger charge is -2.19. The van der Waals surface area contributed by atoms with Crippen molar-refractivity contribution in [2.45, 2.75) is 25.8 Å². The number of benzene rings is 2. The Bertz CT molecular complexity index is 1260. The number of hydrogen-bond donors (Lipinski definition) is 2. The second-order valence-electron chi connectivity index (χ2n) is 7.47. The topological polar surface area (TPSA) is 128 Å². The van der Waals surface area contributed by atoms with Crippen LogP contribution >= 0.6 is 23.1 Å². The van der Waals surface area contributed by atoms with Crippen molar-refractivity contribution >= 4 is 34.9 Å². The Labute approximate surface area is 204 Å². The first-order valence-corrected chi connectivity index (χ1v) is 11.6. The summed E-state index contributed by atoms with van der Waals surface area (Å²) in [6.45, 7) is 2.04. The number of carbonyl (C=O) groups is 2. The Morgan fingerprint density at radius 3 is 2.71 bits per heavy atom. The van der Waals surface area contributed by atoms with Gasteiger partial charge < -0.3 is 10.6 Å². The SMILES string of the molecule is Cc1nnsc1C(=O)N[C@@H](Cc1ccccc1)C(=O)NCCc1cc(Cl)ccc1-n1cnnn1. The van der Waals surface area contributed by atoms with Crippen LogP contribution in [-0.4, -0.2) is 54.2 Å². The van der Waals surface area contributed by atoms with Crippen LogP contribution in [-0.2, 0) is 17.6 Å². The number of nitrogens with zero attached hydrogens (tertiary/aromatic N) is 6. The Hall–Kier alpha value is -3.70. The highest BCUT2D eigenvalue weighted by Gasteiger charge is 2.24. The van der Waals surface area contributed by atoms with E-state index in [-0.39, 0.29) is 11.8 Å². The molecule has 0 spiro atoms. The van der Waals surface area contributed by atoms with E-state index in [1.165, 1.54) is 11.0 Å². The molecule has 0 saturated carbocycles. The molecule has 0 bridgehead atoms. The first-order valence-electron chi connectivity index (χ1n) is 10.4. The fraction of sp³-hybridized carbons (Fsp3) is 0.227. The smallest absolute Gasteiger partial charge is 0.265 e. The van der Waals surface area contributed by atoms with Crippen LogP contribution in [0.2, 0.25) is 5.02 Å². The summed E-state index contributed by atoms with van der Waals surface area (Å²) in [6, 6.07) is 14.1. The number of rotatable bonds is 9. The van der Waals surface area contributed by atoms with E-state index in [0.29, 0.717) is 35.0 Å². The van der Waals surface area contributed by atoms with E-state index in [4.69, 9.17) is 11.6 Å². The number of halogens is 1. The largest absolute Gasteiger partial charge is 0.354 e. The third-order valence-corrected chi connectivity index (χ3v) is 6.15. The highest BCUT2D eigenvalue weighted by molar-refractivity contribution is 7.08. The molecule has 4 aromatic rings. The lowest BCUT2D eigenvalue weighted by Crippen LogP contribution is -2.48. The molecule has 2 amide bonds. The highest BCUT2D eigenvalue weighted by atomic mass is 35.5. The molecule has 2 aromatic heterocycles. The summed E-state index contributed by atoms with van der Waals surface area (Å²) in [7, 11) is 0. The van der Waals surface area contributed by atoms with Gasteiger partial charge in [0.1, 0.15) is 17.2 Å². The van der Waals surface area contributed by atoms with Gasteiger partial charge in [-0.25, -0.2) is 4.68 Å². The number of carbonyl (C=O) groups excluding carboxylic acids is 2. The molecule has 174 valence electrons. The predicted octanol–water partition coefficient (Wildman–Crippen LogP) is 2.18. The van der Waals surface area contributed by atoms with Gasteiger partial charge in [-0.2, -0.15) is 0 Å². The van der Waals surface area contributed by atoms with Crippen molar-refractivity contribution in [2.24, 2.45) is 0 Å². The first-order chi connectivity index (χ1) is 16.5. The molecule has 0 radical (unpaired) electrons. The Balaban J connectivity index is 1.45. The Kier molecular flexibility index (Phi) is 7.55. The van der Waals surface area contributed by atoms with Gasteiger partial charge in [-0.3, -0.25) is 9.59 Å². The number of tetrazole rings is 1.